The fraction of sp³-hybridized carbons (Fsp3) is 0.300. The lowest BCUT2D eigenvalue weighted by atomic mass is 10.1. The lowest BCUT2D eigenvalue weighted by molar-refractivity contribution is -0.275. The molecule has 1 amide bonds. The monoisotopic (exact) mass is 620 g/mol. The van der Waals surface area contributed by atoms with Crippen LogP contribution in [0, 0.1) is 6.92 Å². The van der Waals surface area contributed by atoms with Crippen LogP contribution in [0.15, 0.2) is 45.2 Å². The second kappa shape index (κ2) is 14.1. The molecule has 0 bridgehead atoms. The molecule has 2 rings (SSSR count). The third-order valence-corrected chi connectivity index (χ3v) is 5.52. The van der Waals surface area contributed by atoms with E-state index in [1.807, 2.05) is 4.72 Å². The maximum atomic E-state index is 12.8. The van der Waals surface area contributed by atoms with Crippen LogP contribution in [0.3, 0.4) is 0 Å². The molecule has 8 N–H and O–H groups in total. The minimum Gasteiger partial charge on any atom is -0.475 e. The number of sulfonamides is 1. The van der Waals surface area contributed by atoms with Gasteiger partial charge in [0.15, 0.2) is 0 Å². The number of ether oxygens (including phenoxy) is 1. The van der Waals surface area contributed by atoms with Gasteiger partial charge in [0.1, 0.15) is 22.9 Å². The van der Waals surface area contributed by atoms with Gasteiger partial charge in [-0.05, 0) is 35.8 Å². The highest BCUT2D eigenvalue weighted by Gasteiger charge is 2.38. The fourth-order valence-corrected chi connectivity index (χ4v) is 3.91. The number of H-pyrrole nitrogens is 1. The summed E-state index contributed by atoms with van der Waals surface area (Å²) in [5.41, 5.74) is 8.99. The van der Waals surface area contributed by atoms with Gasteiger partial charge in [0, 0.05) is 5.69 Å². The van der Waals surface area contributed by atoms with Crippen molar-refractivity contribution in [3.05, 3.63) is 51.9 Å². The van der Waals surface area contributed by atoms with E-state index < -0.39 is 62.8 Å². The topological polar surface area (TPSA) is 228 Å². The molecule has 0 saturated carbocycles. The molecule has 41 heavy (non-hydrogen) atoms. The van der Waals surface area contributed by atoms with Gasteiger partial charge in [-0.3, -0.25) is 14.3 Å². The minimum absolute atomic E-state index is 0.0129. The Morgan fingerprint density at radius 3 is 2.24 bits per heavy atom. The van der Waals surface area contributed by atoms with Crippen molar-refractivity contribution >= 4 is 33.5 Å². The van der Waals surface area contributed by atoms with E-state index in [-0.39, 0.29) is 24.7 Å². The van der Waals surface area contributed by atoms with E-state index in [9.17, 15) is 44.3 Å². The first-order chi connectivity index (χ1) is 18.7. The van der Waals surface area contributed by atoms with Gasteiger partial charge >= 0.3 is 18.5 Å². The van der Waals surface area contributed by atoms with E-state index in [1.54, 1.807) is 0 Å². The molecule has 0 atom stereocenters. The Bertz CT molecular complexity index is 1420. The second-order valence-corrected chi connectivity index (χ2v) is 9.11. The van der Waals surface area contributed by atoms with Gasteiger partial charge in [-0.2, -0.15) is 13.2 Å². The van der Waals surface area contributed by atoms with Crippen molar-refractivity contribution in [1.82, 2.24) is 10.3 Å². The molecule has 21 heteroatoms. The number of benzene rings is 1. The van der Waals surface area contributed by atoms with Crippen LogP contribution in [0.4, 0.5) is 32.0 Å². The van der Waals surface area contributed by atoms with Crippen LogP contribution in [0.5, 0.6) is 5.75 Å². The lowest BCUT2D eigenvalue weighted by Gasteiger charge is -2.16. The number of aliphatic carboxylic acids is 1. The van der Waals surface area contributed by atoms with Crippen LogP contribution in [0.2, 0.25) is 0 Å². The number of carboxylic acid groups (broad SMARTS) is 1. The van der Waals surface area contributed by atoms with E-state index in [4.69, 9.17) is 26.2 Å². The largest absolute Gasteiger partial charge is 0.573 e. The van der Waals surface area contributed by atoms with Gasteiger partial charge < -0.3 is 36.4 Å². The SMILES string of the molecule is Cc1cc(CC(=O)NCCON=C(N)N)c(NS(=O)(=O)c2ccccc2OC(F)(F)F)c(=O)[nH]1.O=C(O)C(F)(F)F. The Balaban J connectivity index is 0.00000106. The summed E-state index contributed by atoms with van der Waals surface area (Å²) in [5.74, 6) is -4.68. The maximum Gasteiger partial charge on any atom is 0.573 e. The van der Waals surface area contributed by atoms with E-state index in [0.29, 0.717) is 5.69 Å². The highest BCUT2D eigenvalue weighted by molar-refractivity contribution is 7.92. The number of carboxylic acids is 1. The zero-order valence-corrected chi connectivity index (χ0v) is 21.4. The van der Waals surface area contributed by atoms with Gasteiger partial charge in [-0.15, -0.1) is 13.2 Å². The van der Waals surface area contributed by atoms with Crippen molar-refractivity contribution < 1.29 is 59.0 Å². The first-order valence-electron chi connectivity index (χ1n) is 10.6. The number of halogens is 6. The number of nitrogens with one attached hydrogen (secondary N) is 3. The van der Waals surface area contributed by atoms with Gasteiger partial charge in [0.2, 0.25) is 11.9 Å². The standard InChI is InChI=1S/C18H21F3N6O6S.C2HF3O2/c1-10-8-11(9-14(28)24-6-7-32-26-17(22)23)15(16(29)25-10)27-34(30,31)13-5-3-2-4-12(13)33-18(19,20)21;3-2(4,5)1(6)7/h2-5,8,27H,6-7,9H2,1H3,(H,24,28)(H,25,29)(H4,22,23,26);(H,6,7). The number of alkyl halides is 6. The van der Waals surface area contributed by atoms with Crippen molar-refractivity contribution in [2.45, 2.75) is 30.8 Å². The van der Waals surface area contributed by atoms with Crippen molar-refractivity contribution in [1.29, 1.82) is 0 Å². The van der Waals surface area contributed by atoms with Crippen LogP contribution in [-0.4, -0.2) is 62.0 Å². The molecule has 1 aromatic carbocycles. The van der Waals surface area contributed by atoms with Gasteiger partial charge in [0.25, 0.3) is 15.6 Å². The number of aryl methyl sites for hydroxylation is 1. The number of hydrogen-bond acceptors (Lipinski definition) is 8. The van der Waals surface area contributed by atoms with Gasteiger partial charge in [0.05, 0.1) is 13.0 Å². The molecule has 0 aliphatic carbocycles. The first kappa shape index (κ1) is 34.3. The lowest BCUT2D eigenvalue weighted by Crippen LogP contribution is -2.30. The number of rotatable bonds is 10. The Hall–Kier alpha value is -4.69. The third-order valence-electron chi connectivity index (χ3n) is 4.13. The first-order valence-corrected chi connectivity index (χ1v) is 12.1. The summed E-state index contributed by atoms with van der Waals surface area (Å²) in [6.07, 6.45) is -10.7. The van der Waals surface area contributed by atoms with Crippen molar-refractivity contribution in [3.63, 3.8) is 0 Å². The molecule has 0 unspecified atom stereocenters. The summed E-state index contributed by atoms with van der Waals surface area (Å²) in [6.45, 7) is 1.41. The predicted molar refractivity (Wildman–Crippen MR) is 128 cm³/mol. The summed E-state index contributed by atoms with van der Waals surface area (Å²) in [7, 11) is -4.73. The summed E-state index contributed by atoms with van der Waals surface area (Å²) in [5, 5.41) is 12.8. The number of hydrogen-bond donors (Lipinski definition) is 6. The normalized spacial score (nSPS) is 11.4. The minimum atomic E-state index is -5.15. The second-order valence-electron chi connectivity index (χ2n) is 7.46. The highest BCUT2D eigenvalue weighted by atomic mass is 32.2. The van der Waals surface area contributed by atoms with Crippen LogP contribution in [0.25, 0.3) is 0 Å². The van der Waals surface area contributed by atoms with Crippen LogP contribution < -0.4 is 31.8 Å². The number of oxime groups is 1. The van der Waals surface area contributed by atoms with Crippen LogP contribution in [0.1, 0.15) is 11.3 Å². The van der Waals surface area contributed by atoms with Crippen molar-refractivity contribution in [2.24, 2.45) is 16.6 Å². The molecular formula is C20H22F6N6O8S. The maximum absolute atomic E-state index is 12.8. The highest BCUT2D eigenvalue weighted by Crippen LogP contribution is 2.30. The van der Waals surface area contributed by atoms with E-state index in [2.05, 4.69) is 20.2 Å². The molecule has 0 radical (unpaired) electrons. The van der Waals surface area contributed by atoms with Crippen LogP contribution in [-0.2, 0) is 30.9 Å². The molecule has 0 fully saturated rings. The zero-order valence-electron chi connectivity index (χ0n) is 20.6. The Morgan fingerprint density at radius 2 is 1.71 bits per heavy atom. The summed E-state index contributed by atoms with van der Waals surface area (Å²) < 4.78 is 101. The fourth-order valence-electron chi connectivity index (χ4n) is 2.67. The molecule has 228 valence electrons. The Kier molecular flexibility index (Phi) is 11.8. The number of guanidine groups is 1. The van der Waals surface area contributed by atoms with Gasteiger partial charge in [-0.1, -0.05) is 12.1 Å². The number of anilines is 1. The molecular weight excluding hydrogens is 598 g/mol. The summed E-state index contributed by atoms with van der Waals surface area (Å²) in [4.78, 5) is 39.8. The van der Waals surface area contributed by atoms with Gasteiger partial charge in [-0.25, -0.2) is 13.2 Å². The number of carbonyl (C=O) groups is 2. The smallest absolute Gasteiger partial charge is 0.475 e. The molecule has 0 aliphatic heterocycles. The number of nitrogens with zero attached hydrogens (tertiary/aromatic N) is 1. The number of amides is 1. The quantitative estimate of drug-likeness (QED) is 0.0722. The number of para-hydroxylation sites is 1. The Morgan fingerprint density at radius 1 is 1.12 bits per heavy atom. The Labute approximate surface area is 226 Å². The van der Waals surface area contributed by atoms with E-state index in [1.165, 1.54) is 19.1 Å². The molecule has 14 nitrogen and oxygen atoms in total. The number of aromatic nitrogens is 1. The zero-order chi connectivity index (χ0) is 31.6. The number of pyridine rings is 1. The molecule has 0 saturated heterocycles. The van der Waals surface area contributed by atoms with Crippen molar-refractivity contribution in [3.8, 4) is 5.75 Å². The summed E-state index contributed by atoms with van der Waals surface area (Å²) >= 11 is 0. The molecule has 0 aliphatic rings. The molecule has 0 spiro atoms. The molecule has 1 heterocycles. The van der Waals surface area contributed by atoms with E-state index in [0.717, 1.165) is 18.2 Å². The number of aromatic amines is 1. The van der Waals surface area contributed by atoms with Crippen LogP contribution >= 0.6 is 0 Å². The predicted octanol–water partition coefficient (Wildman–Crippen LogP) is 0.880. The van der Waals surface area contributed by atoms with Crippen molar-refractivity contribution in [2.75, 3.05) is 17.9 Å². The average molecular weight is 620 g/mol. The average Bonchev–Trinajstić information content (AvgIpc) is 2.80. The molecule has 1 aromatic heterocycles. The van der Waals surface area contributed by atoms with E-state index >= 15 is 0 Å². The molecule has 2 aromatic rings. The number of carbonyl (C=O) groups excluding carboxylic acids is 1. The summed E-state index contributed by atoms with van der Waals surface area (Å²) in [6, 6.07) is 5.34. The third kappa shape index (κ3) is 12.4. The number of nitrogens with two attached hydrogens (primary N) is 2.